The molecule has 0 aliphatic rings. The molecule has 8 heteroatoms. The van der Waals surface area contributed by atoms with Crippen molar-refractivity contribution >= 4 is 29.2 Å². The third-order valence-corrected chi connectivity index (χ3v) is 3.96. The van der Waals surface area contributed by atoms with Gasteiger partial charge in [-0.05, 0) is 36.4 Å². The first-order valence-electron chi connectivity index (χ1n) is 8.50. The number of methoxy groups -OCH3 is 1. The van der Waals surface area contributed by atoms with Gasteiger partial charge < -0.3 is 15.4 Å². The van der Waals surface area contributed by atoms with E-state index in [9.17, 15) is 18.8 Å². The zero-order valence-electron chi connectivity index (χ0n) is 15.3. The molecule has 2 N–H and O–H groups in total. The van der Waals surface area contributed by atoms with Gasteiger partial charge in [0.2, 0.25) is 0 Å². The summed E-state index contributed by atoms with van der Waals surface area (Å²) in [5.74, 6) is -2.40. The molecule has 0 unspecified atom stereocenters. The fraction of sp³-hybridized carbons (Fsp3) is 0.0476. The van der Waals surface area contributed by atoms with Crippen LogP contribution in [0.15, 0.2) is 66.9 Å². The second-order valence-electron chi connectivity index (χ2n) is 5.86. The fourth-order valence-electron chi connectivity index (χ4n) is 2.52. The Morgan fingerprint density at radius 1 is 0.897 bits per heavy atom. The highest BCUT2D eigenvalue weighted by Crippen LogP contribution is 2.18. The quantitative estimate of drug-likeness (QED) is 0.647. The molecular formula is C21H16FN3O4. The summed E-state index contributed by atoms with van der Waals surface area (Å²) in [6.07, 6.45) is 1.29. The standard InChI is InChI=1S/C21H16FN3O4/c1-29-21(28)14-6-2-4-8-16(14)24-19(26)13-10-11-23-18(12-13)20(27)25-17-9-5-3-7-15(17)22/h2-12H,1H3,(H,24,26)(H,25,27). The number of aromatic nitrogens is 1. The summed E-state index contributed by atoms with van der Waals surface area (Å²) in [5, 5.41) is 5.01. The number of hydrogen-bond acceptors (Lipinski definition) is 5. The van der Waals surface area contributed by atoms with Crippen LogP contribution in [-0.4, -0.2) is 29.9 Å². The maximum Gasteiger partial charge on any atom is 0.339 e. The summed E-state index contributed by atoms with van der Waals surface area (Å²) < 4.78 is 18.4. The van der Waals surface area contributed by atoms with Crippen LogP contribution in [-0.2, 0) is 4.74 Å². The molecule has 0 aliphatic heterocycles. The first-order chi connectivity index (χ1) is 14.0. The number of anilines is 2. The van der Waals surface area contributed by atoms with E-state index < -0.39 is 23.6 Å². The number of carbonyl (C=O) groups is 3. The van der Waals surface area contributed by atoms with E-state index in [1.54, 1.807) is 24.3 Å². The number of carbonyl (C=O) groups excluding carboxylic acids is 3. The third kappa shape index (κ3) is 4.62. The number of amides is 2. The maximum atomic E-state index is 13.7. The molecule has 0 aliphatic carbocycles. The van der Waals surface area contributed by atoms with Gasteiger partial charge in [-0.3, -0.25) is 14.6 Å². The molecule has 1 heterocycles. The van der Waals surface area contributed by atoms with Crippen LogP contribution in [0.5, 0.6) is 0 Å². The predicted molar refractivity (Wildman–Crippen MR) is 104 cm³/mol. The van der Waals surface area contributed by atoms with E-state index in [2.05, 4.69) is 15.6 Å². The SMILES string of the molecule is COC(=O)c1ccccc1NC(=O)c1ccnc(C(=O)Nc2ccccc2F)c1. The minimum Gasteiger partial charge on any atom is -0.465 e. The Bertz CT molecular complexity index is 1080. The lowest BCUT2D eigenvalue weighted by Crippen LogP contribution is -2.18. The minimum absolute atomic E-state index is 0.00107. The fourth-order valence-corrected chi connectivity index (χ4v) is 2.52. The molecule has 0 fully saturated rings. The smallest absolute Gasteiger partial charge is 0.339 e. The molecule has 7 nitrogen and oxygen atoms in total. The van der Waals surface area contributed by atoms with E-state index in [-0.39, 0.29) is 28.2 Å². The summed E-state index contributed by atoms with van der Waals surface area (Å²) in [5.41, 5.74) is 0.523. The number of esters is 1. The van der Waals surface area contributed by atoms with Crippen molar-refractivity contribution in [3.05, 3.63) is 89.5 Å². The molecule has 0 bridgehead atoms. The lowest BCUT2D eigenvalue weighted by atomic mass is 10.1. The Hall–Kier alpha value is -4.07. The van der Waals surface area contributed by atoms with Crippen LogP contribution >= 0.6 is 0 Å². The summed E-state index contributed by atoms with van der Waals surface area (Å²) in [6, 6.07) is 14.7. The van der Waals surface area contributed by atoms with Crippen LogP contribution in [0.3, 0.4) is 0 Å². The third-order valence-electron chi connectivity index (χ3n) is 3.96. The lowest BCUT2D eigenvalue weighted by molar-refractivity contribution is 0.0601. The van der Waals surface area contributed by atoms with Crippen LogP contribution in [0.1, 0.15) is 31.2 Å². The van der Waals surface area contributed by atoms with Crippen molar-refractivity contribution in [1.29, 1.82) is 0 Å². The lowest BCUT2D eigenvalue weighted by Gasteiger charge is -2.10. The number of nitrogens with one attached hydrogen (secondary N) is 2. The molecule has 2 aromatic carbocycles. The number of rotatable bonds is 5. The molecule has 146 valence electrons. The van der Waals surface area contributed by atoms with Gasteiger partial charge in [0.15, 0.2) is 0 Å². The molecule has 0 atom stereocenters. The number of halogens is 1. The van der Waals surface area contributed by atoms with Crippen molar-refractivity contribution in [2.45, 2.75) is 0 Å². The summed E-state index contributed by atoms with van der Waals surface area (Å²) >= 11 is 0. The van der Waals surface area contributed by atoms with E-state index in [0.29, 0.717) is 0 Å². The van der Waals surface area contributed by atoms with Gasteiger partial charge in [0.05, 0.1) is 24.0 Å². The molecule has 29 heavy (non-hydrogen) atoms. The largest absolute Gasteiger partial charge is 0.465 e. The summed E-state index contributed by atoms with van der Waals surface area (Å²) in [4.78, 5) is 40.7. The van der Waals surface area contributed by atoms with E-state index in [4.69, 9.17) is 4.74 Å². The van der Waals surface area contributed by atoms with Crippen LogP contribution in [0.25, 0.3) is 0 Å². The Morgan fingerprint density at radius 2 is 1.55 bits per heavy atom. The van der Waals surface area contributed by atoms with Crippen LogP contribution < -0.4 is 10.6 Å². The molecule has 0 saturated heterocycles. The number of hydrogen-bond donors (Lipinski definition) is 2. The van der Waals surface area contributed by atoms with Crippen molar-refractivity contribution in [2.75, 3.05) is 17.7 Å². The van der Waals surface area contributed by atoms with Crippen molar-refractivity contribution in [2.24, 2.45) is 0 Å². The molecule has 0 saturated carbocycles. The second kappa shape index (κ2) is 8.75. The zero-order valence-corrected chi connectivity index (χ0v) is 15.3. The first kappa shape index (κ1) is 19.7. The highest BCUT2D eigenvalue weighted by atomic mass is 19.1. The van der Waals surface area contributed by atoms with E-state index in [1.165, 1.54) is 49.7 Å². The summed E-state index contributed by atoms with van der Waals surface area (Å²) in [7, 11) is 1.24. The topological polar surface area (TPSA) is 97.4 Å². The Balaban J connectivity index is 1.79. The van der Waals surface area contributed by atoms with Gasteiger partial charge in [0, 0.05) is 11.8 Å². The van der Waals surface area contributed by atoms with Crippen molar-refractivity contribution < 1.29 is 23.5 Å². The first-order valence-corrected chi connectivity index (χ1v) is 8.50. The molecule has 1 aromatic heterocycles. The molecule has 2 amide bonds. The Kier molecular flexibility index (Phi) is 5.94. The molecule has 0 radical (unpaired) electrons. The van der Waals surface area contributed by atoms with Gasteiger partial charge in [0.25, 0.3) is 11.8 Å². The zero-order chi connectivity index (χ0) is 20.8. The predicted octanol–water partition coefficient (Wildman–Crippen LogP) is 3.51. The van der Waals surface area contributed by atoms with Gasteiger partial charge in [-0.2, -0.15) is 0 Å². The van der Waals surface area contributed by atoms with Crippen molar-refractivity contribution in [3.63, 3.8) is 0 Å². The minimum atomic E-state index is -0.667. The van der Waals surface area contributed by atoms with Crippen molar-refractivity contribution in [1.82, 2.24) is 4.98 Å². The van der Waals surface area contributed by atoms with Gasteiger partial charge >= 0.3 is 5.97 Å². The average molecular weight is 393 g/mol. The normalized spacial score (nSPS) is 10.1. The highest BCUT2D eigenvalue weighted by Gasteiger charge is 2.16. The number of ether oxygens (including phenoxy) is 1. The molecular weight excluding hydrogens is 377 g/mol. The van der Waals surface area contributed by atoms with Crippen molar-refractivity contribution in [3.8, 4) is 0 Å². The van der Waals surface area contributed by atoms with Crippen LogP contribution in [0, 0.1) is 5.82 Å². The second-order valence-corrected chi connectivity index (χ2v) is 5.86. The number of pyridine rings is 1. The average Bonchev–Trinajstić information content (AvgIpc) is 2.75. The molecule has 3 aromatic rings. The van der Waals surface area contributed by atoms with E-state index in [0.717, 1.165) is 0 Å². The summed E-state index contributed by atoms with van der Waals surface area (Å²) in [6.45, 7) is 0. The van der Waals surface area contributed by atoms with Gasteiger partial charge in [-0.25, -0.2) is 9.18 Å². The number of nitrogens with zero attached hydrogens (tertiary/aromatic N) is 1. The van der Waals surface area contributed by atoms with E-state index >= 15 is 0 Å². The number of benzene rings is 2. The van der Waals surface area contributed by atoms with Crippen LogP contribution in [0.2, 0.25) is 0 Å². The molecule has 3 rings (SSSR count). The highest BCUT2D eigenvalue weighted by molar-refractivity contribution is 6.09. The van der Waals surface area contributed by atoms with Gasteiger partial charge in [-0.1, -0.05) is 24.3 Å². The monoisotopic (exact) mass is 393 g/mol. The molecule has 0 spiro atoms. The maximum absolute atomic E-state index is 13.7. The Labute approximate surface area is 165 Å². The van der Waals surface area contributed by atoms with Gasteiger partial charge in [0.1, 0.15) is 11.5 Å². The number of para-hydroxylation sites is 2. The van der Waals surface area contributed by atoms with E-state index in [1.807, 2.05) is 0 Å². The Morgan fingerprint density at radius 3 is 2.28 bits per heavy atom. The van der Waals surface area contributed by atoms with Crippen LogP contribution in [0.4, 0.5) is 15.8 Å². The van der Waals surface area contributed by atoms with Gasteiger partial charge in [-0.15, -0.1) is 0 Å².